The summed E-state index contributed by atoms with van der Waals surface area (Å²) >= 11 is 0. The number of aromatic carboxylic acids is 1. The number of hydrogen-bond donors (Lipinski definition) is 2. The molecular formula is C18H18N2O5. The highest BCUT2D eigenvalue weighted by atomic mass is 16.5. The van der Waals surface area contributed by atoms with Crippen molar-refractivity contribution >= 4 is 11.9 Å². The fourth-order valence-corrected chi connectivity index (χ4v) is 3.04. The summed E-state index contributed by atoms with van der Waals surface area (Å²) in [5.74, 6) is -0.584. The standard InChI is InChI=1S/C18H18N2O5/c1-24-10-8-14(19-15(9-10)18(22)23)17(21)20-13-7-6-12-11(13)4-3-5-16(12)25-2/h3-5,8-9,13H,6-7H2,1-2H3,(H,20,21)(H,22,23). The molecular weight excluding hydrogens is 324 g/mol. The van der Waals surface area contributed by atoms with Crippen molar-refractivity contribution in [3.8, 4) is 11.5 Å². The van der Waals surface area contributed by atoms with Crippen LogP contribution in [0.25, 0.3) is 0 Å². The first-order chi connectivity index (χ1) is 12.0. The fourth-order valence-electron chi connectivity index (χ4n) is 3.04. The monoisotopic (exact) mass is 342 g/mol. The van der Waals surface area contributed by atoms with Gasteiger partial charge in [-0.15, -0.1) is 0 Å². The molecule has 0 bridgehead atoms. The molecule has 1 aromatic heterocycles. The molecule has 0 spiro atoms. The lowest BCUT2D eigenvalue weighted by atomic mass is 10.1. The number of hydrogen-bond acceptors (Lipinski definition) is 5. The minimum atomic E-state index is -1.22. The molecule has 3 rings (SSSR count). The summed E-state index contributed by atoms with van der Waals surface area (Å²) in [6.07, 6.45) is 1.55. The minimum absolute atomic E-state index is 0.00750. The van der Waals surface area contributed by atoms with E-state index >= 15 is 0 Å². The van der Waals surface area contributed by atoms with E-state index in [0.29, 0.717) is 0 Å². The smallest absolute Gasteiger partial charge is 0.354 e. The Morgan fingerprint density at radius 2 is 1.96 bits per heavy atom. The molecule has 0 fully saturated rings. The SMILES string of the molecule is COc1cc(C(=O)O)nc(C(=O)NC2CCc3c(OC)cccc32)c1. The van der Waals surface area contributed by atoms with Gasteiger partial charge in [-0.1, -0.05) is 12.1 Å². The van der Waals surface area contributed by atoms with Crippen LogP contribution < -0.4 is 14.8 Å². The van der Waals surface area contributed by atoms with Gasteiger partial charge < -0.3 is 19.9 Å². The molecule has 1 unspecified atom stereocenters. The Labute approximate surface area is 144 Å². The van der Waals surface area contributed by atoms with Crippen molar-refractivity contribution in [1.82, 2.24) is 10.3 Å². The number of nitrogens with zero attached hydrogens (tertiary/aromatic N) is 1. The van der Waals surface area contributed by atoms with Crippen LogP contribution in [0.5, 0.6) is 11.5 Å². The Hall–Kier alpha value is -3.09. The van der Waals surface area contributed by atoms with E-state index in [-0.39, 0.29) is 23.2 Å². The Morgan fingerprint density at radius 3 is 2.64 bits per heavy atom. The number of carbonyl (C=O) groups excluding carboxylic acids is 1. The summed E-state index contributed by atoms with van der Waals surface area (Å²) < 4.78 is 10.4. The molecule has 7 heteroatoms. The van der Waals surface area contributed by atoms with Crippen molar-refractivity contribution in [1.29, 1.82) is 0 Å². The number of fused-ring (bicyclic) bond motifs is 1. The summed E-state index contributed by atoms with van der Waals surface area (Å²) in [7, 11) is 3.03. The van der Waals surface area contributed by atoms with Crippen LogP contribution in [-0.4, -0.2) is 36.2 Å². The third-order valence-corrected chi connectivity index (χ3v) is 4.24. The van der Waals surface area contributed by atoms with Gasteiger partial charge >= 0.3 is 5.97 Å². The van der Waals surface area contributed by atoms with Gasteiger partial charge in [0, 0.05) is 12.1 Å². The number of benzene rings is 1. The lowest BCUT2D eigenvalue weighted by Gasteiger charge is -2.15. The van der Waals surface area contributed by atoms with Crippen molar-refractivity contribution in [3.63, 3.8) is 0 Å². The maximum Gasteiger partial charge on any atom is 0.354 e. The van der Waals surface area contributed by atoms with Crippen LogP contribution in [0.3, 0.4) is 0 Å². The number of pyridine rings is 1. The first-order valence-electron chi connectivity index (χ1n) is 7.79. The molecule has 1 aliphatic rings. The normalized spacial score (nSPS) is 15.4. The van der Waals surface area contributed by atoms with Crippen molar-refractivity contribution in [2.75, 3.05) is 14.2 Å². The van der Waals surface area contributed by atoms with E-state index in [1.807, 2.05) is 18.2 Å². The van der Waals surface area contributed by atoms with Crippen LogP contribution >= 0.6 is 0 Å². The van der Waals surface area contributed by atoms with Gasteiger partial charge in [-0.2, -0.15) is 0 Å². The third-order valence-electron chi connectivity index (χ3n) is 4.24. The number of methoxy groups -OCH3 is 2. The van der Waals surface area contributed by atoms with Gasteiger partial charge in [-0.3, -0.25) is 4.79 Å². The molecule has 1 atom stereocenters. The Balaban J connectivity index is 1.85. The second-order valence-electron chi connectivity index (χ2n) is 5.68. The molecule has 1 aromatic carbocycles. The third kappa shape index (κ3) is 3.26. The lowest BCUT2D eigenvalue weighted by Crippen LogP contribution is -2.28. The summed E-state index contributed by atoms with van der Waals surface area (Å²) in [5.41, 5.74) is 1.86. The van der Waals surface area contributed by atoms with E-state index < -0.39 is 11.9 Å². The number of amides is 1. The van der Waals surface area contributed by atoms with Gasteiger partial charge in [0.2, 0.25) is 0 Å². The highest BCUT2D eigenvalue weighted by molar-refractivity contribution is 5.95. The zero-order chi connectivity index (χ0) is 18.0. The number of carbonyl (C=O) groups is 2. The second-order valence-corrected chi connectivity index (χ2v) is 5.68. The van der Waals surface area contributed by atoms with E-state index in [1.54, 1.807) is 7.11 Å². The number of nitrogens with one attached hydrogen (secondary N) is 1. The number of rotatable bonds is 5. The van der Waals surface area contributed by atoms with Gasteiger partial charge in [0.25, 0.3) is 5.91 Å². The van der Waals surface area contributed by atoms with Gasteiger partial charge in [-0.05, 0) is 30.0 Å². The van der Waals surface area contributed by atoms with Gasteiger partial charge in [0.1, 0.15) is 17.2 Å². The predicted molar refractivity (Wildman–Crippen MR) is 89.3 cm³/mol. The van der Waals surface area contributed by atoms with Gasteiger partial charge in [0.15, 0.2) is 5.69 Å². The topological polar surface area (TPSA) is 97.8 Å². The molecule has 1 amide bonds. The lowest BCUT2D eigenvalue weighted by molar-refractivity contribution is 0.0690. The van der Waals surface area contributed by atoms with Crippen molar-refractivity contribution < 1.29 is 24.2 Å². The van der Waals surface area contributed by atoms with Crippen molar-refractivity contribution in [3.05, 3.63) is 52.8 Å². The molecule has 0 radical (unpaired) electrons. The number of carboxylic acid groups (broad SMARTS) is 1. The molecule has 25 heavy (non-hydrogen) atoms. The number of carboxylic acids is 1. The first-order valence-corrected chi connectivity index (χ1v) is 7.79. The van der Waals surface area contributed by atoms with E-state index in [1.165, 1.54) is 19.2 Å². The largest absolute Gasteiger partial charge is 0.497 e. The summed E-state index contributed by atoms with van der Waals surface area (Å²) in [6, 6.07) is 8.26. The van der Waals surface area contributed by atoms with Crippen LogP contribution in [0, 0.1) is 0 Å². The quantitative estimate of drug-likeness (QED) is 0.864. The van der Waals surface area contributed by atoms with Gasteiger partial charge in [0.05, 0.1) is 20.3 Å². The molecule has 130 valence electrons. The summed E-state index contributed by atoms with van der Waals surface area (Å²) in [5, 5.41) is 12.0. The number of aromatic nitrogens is 1. The molecule has 2 aromatic rings. The maximum absolute atomic E-state index is 12.6. The average Bonchev–Trinajstić information content (AvgIpc) is 3.04. The van der Waals surface area contributed by atoms with Crippen LogP contribution in [-0.2, 0) is 6.42 Å². The Bertz CT molecular complexity index is 834. The van der Waals surface area contributed by atoms with Crippen LogP contribution in [0.4, 0.5) is 0 Å². The first kappa shape index (κ1) is 16.8. The van der Waals surface area contributed by atoms with Crippen molar-refractivity contribution in [2.45, 2.75) is 18.9 Å². The number of ether oxygens (including phenoxy) is 2. The van der Waals surface area contributed by atoms with Crippen LogP contribution in [0.2, 0.25) is 0 Å². The molecule has 1 aliphatic carbocycles. The molecule has 0 saturated heterocycles. The van der Waals surface area contributed by atoms with Crippen molar-refractivity contribution in [2.24, 2.45) is 0 Å². The highest BCUT2D eigenvalue weighted by Crippen LogP contribution is 2.36. The fraction of sp³-hybridized carbons (Fsp3) is 0.278. The highest BCUT2D eigenvalue weighted by Gasteiger charge is 2.27. The van der Waals surface area contributed by atoms with Crippen LogP contribution in [0.1, 0.15) is 44.6 Å². The molecule has 0 aliphatic heterocycles. The van der Waals surface area contributed by atoms with Gasteiger partial charge in [-0.25, -0.2) is 9.78 Å². The summed E-state index contributed by atoms with van der Waals surface area (Å²) in [6.45, 7) is 0. The summed E-state index contributed by atoms with van der Waals surface area (Å²) in [4.78, 5) is 27.6. The van der Waals surface area contributed by atoms with E-state index in [9.17, 15) is 9.59 Å². The average molecular weight is 342 g/mol. The minimum Gasteiger partial charge on any atom is -0.497 e. The van der Waals surface area contributed by atoms with E-state index in [2.05, 4.69) is 10.3 Å². The van der Waals surface area contributed by atoms with E-state index in [4.69, 9.17) is 14.6 Å². The maximum atomic E-state index is 12.6. The zero-order valence-electron chi connectivity index (χ0n) is 13.9. The molecule has 0 saturated carbocycles. The second kappa shape index (κ2) is 6.80. The predicted octanol–water partition coefficient (Wildman–Crippen LogP) is 2.21. The zero-order valence-corrected chi connectivity index (χ0v) is 13.9. The van der Waals surface area contributed by atoms with E-state index in [0.717, 1.165) is 29.7 Å². The molecule has 1 heterocycles. The molecule has 2 N–H and O–H groups in total. The molecule has 7 nitrogen and oxygen atoms in total. The van der Waals surface area contributed by atoms with Crippen LogP contribution in [0.15, 0.2) is 30.3 Å². The Morgan fingerprint density at radius 1 is 1.20 bits per heavy atom. The Kier molecular flexibility index (Phi) is 4.56.